The number of anilines is 1. The Labute approximate surface area is 177 Å². The lowest BCUT2D eigenvalue weighted by Crippen LogP contribution is -2.35. The Morgan fingerprint density at radius 2 is 1.90 bits per heavy atom. The summed E-state index contributed by atoms with van der Waals surface area (Å²) in [5, 5.41) is 0.462. The number of sulfone groups is 1. The molecule has 0 bridgehead atoms. The molecule has 3 aromatic rings. The largest absolute Gasteiger partial charge is 0.352 e. The minimum Gasteiger partial charge on any atom is -0.326 e. The molecule has 30 heavy (non-hydrogen) atoms. The number of carbonyl (C=O) groups is 1. The molecular weight excluding hydrogens is 436 g/mol. The van der Waals surface area contributed by atoms with E-state index in [9.17, 15) is 22.0 Å². The van der Waals surface area contributed by atoms with E-state index in [1.807, 2.05) is 0 Å². The topological polar surface area (TPSA) is 72.3 Å². The van der Waals surface area contributed by atoms with Crippen LogP contribution in [-0.2, 0) is 33.6 Å². The molecule has 0 spiro atoms. The fourth-order valence-electron chi connectivity index (χ4n) is 3.67. The molecule has 1 aliphatic rings. The molecule has 0 N–H and O–H groups in total. The van der Waals surface area contributed by atoms with Gasteiger partial charge < -0.3 is 4.57 Å². The second kappa shape index (κ2) is 7.31. The van der Waals surface area contributed by atoms with Gasteiger partial charge in [-0.25, -0.2) is 13.4 Å². The molecule has 2 aromatic carbocycles. The first-order chi connectivity index (χ1) is 14.1. The molecule has 4 rings (SSSR count). The van der Waals surface area contributed by atoms with E-state index < -0.39 is 21.7 Å². The van der Waals surface area contributed by atoms with Crippen LogP contribution in [0.1, 0.15) is 17.8 Å². The smallest absolute Gasteiger partial charge is 0.326 e. The van der Waals surface area contributed by atoms with Crippen LogP contribution in [0.15, 0.2) is 42.5 Å². The Morgan fingerprint density at radius 1 is 1.17 bits per heavy atom. The number of hydrogen-bond acceptors (Lipinski definition) is 4. The Bertz CT molecular complexity index is 1260. The minimum absolute atomic E-state index is 0.0246. The molecule has 158 valence electrons. The van der Waals surface area contributed by atoms with Crippen molar-refractivity contribution in [2.75, 3.05) is 16.9 Å². The van der Waals surface area contributed by atoms with Crippen molar-refractivity contribution in [3.8, 4) is 0 Å². The first kappa shape index (κ1) is 20.7. The van der Waals surface area contributed by atoms with Gasteiger partial charge in [0.15, 0.2) is 0 Å². The molecule has 0 unspecified atom stereocenters. The van der Waals surface area contributed by atoms with Gasteiger partial charge in [-0.3, -0.25) is 9.69 Å². The van der Waals surface area contributed by atoms with Crippen LogP contribution in [0.3, 0.4) is 0 Å². The molecule has 2 heterocycles. The monoisotopic (exact) mass is 453 g/mol. The lowest BCUT2D eigenvalue weighted by atomic mass is 10.1. The summed E-state index contributed by atoms with van der Waals surface area (Å²) in [7, 11) is -3.16. The molecule has 0 radical (unpaired) electrons. The Kier molecular flexibility index (Phi) is 5.06. The number of aryl methyl sites for hydroxylation is 1. The van der Waals surface area contributed by atoms with Gasteiger partial charge in [0.2, 0.25) is 0 Å². The van der Waals surface area contributed by atoms with Crippen molar-refractivity contribution in [2.45, 2.75) is 25.4 Å². The van der Waals surface area contributed by atoms with E-state index in [0.29, 0.717) is 34.8 Å². The average molecular weight is 454 g/mol. The summed E-state index contributed by atoms with van der Waals surface area (Å²) in [6.45, 7) is 0.136. The third-order valence-electron chi connectivity index (χ3n) is 5.03. The molecule has 6 nitrogen and oxygen atoms in total. The van der Waals surface area contributed by atoms with E-state index in [1.54, 1.807) is 28.8 Å². The zero-order chi connectivity index (χ0) is 21.7. The quantitative estimate of drug-likeness (QED) is 0.569. The summed E-state index contributed by atoms with van der Waals surface area (Å²) in [5.74, 6) is -4.56. The van der Waals surface area contributed by atoms with E-state index in [0.717, 1.165) is 11.2 Å². The number of carbonyl (C=O) groups excluding carboxylic acids is 1. The fourth-order valence-corrected chi connectivity index (χ4v) is 4.49. The number of amides is 1. The molecule has 1 amide bonds. The van der Waals surface area contributed by atoms with E-state index >= 15 is 0 Å². The standard InChI is InChI=1S/C20H18ClF2N3O3S/c1-30(28,29)10-4-9-25-17-8-7-13(21)11-15(17)24-18(25)12-26-16-6-3-2-5-14(16)20(22,23)19(26)27/h2-3,5-8,11H,4,9-10,12H2,1H3. The summed E-state index contributed by atoms with van der Waals surface area (Å²) < 4.78 is 53.7. The number of para-hydroxylation sites is 1. The zero-order valence-electron chi connectivity index (χ0n) is 16.0. The summed E-state index contributed by atoms with van der Waals surface area (Å²) in [6.07, 6.45) is 1.47. The highest BCUT2D eigenvalue weighted by Gasteiger charge is 2.52. The number of halogens is 3. The molecule has 0 fully saturated rings. The lowest BCUT2D eigenvalue weighted by molar-refractivity contribution is -0.141. The molecule has 0 saturated carbocycles. The summed E-state index contributed by atoms with van der Waals surface area (Å²) in [5.41, 5.74) is 1.04. The summed E-state index contributed by atoms with van der Waals surface area (Å²) >= 11 is 6.05. The Morgan fingerprint density at radius 3 is 2.63 bits per heavy atom. The maximum Gasteiger partial charge on any atom is 0.352 e. The number of alkyl halides is 2. The van der Waals surface area contributed by atoms with Gasteiger partial charge in [-0.2, -0.15) is 8.78 Å². The van der Waals surface area contributed by atoms with E-state index in [4.69, 9.17) is 11.6 Å². The van der Waals surface area contributed by atoms with Crippen molar-refractivity contribution in [2.24, 2.45) is 0 Å². The fraction of sp³-hybridized carbons (Fsp3) is 0.300. The predicted octanol–water partition coefficient (Wildman–Crippen LogP) is 3.76. The molecule has 1 aliphatic heterocycles. The van der Waals surface area contributed by atoms with Crippen molar-refractivity contribution in [3.63, 3.8) is 0 Å². The summed E-state index contributed by atoms with van der Waals surface area (Å²) in [4.78, 5) is 18.0. The van der Waals surface area contributed by atoms with Crippen molar-refractivity contribution < 1.29 is 22.0 Å². The van der Waals surface area contributed by atoms with E-state index in [-0.39, 0.29) is 23.5 Å². The van der Waals surface area contributed by atoms with Crippen LogP contribution in [-0.4, -0.2) is 35.9 Å². The molecule has 0 atom stereocenters. The third-order valence-corrected chi connectivity index (χ3v) is 6.30. The second-order valence-electron chi connectivity index (χ2n) is 7.28. The van der Waals surface area contributed by atoms with E-state index in [2.05, 4.69) is 4.98 Å². The van der Waals surface area contributed by atoms with Crippen LogP contribution >= 0.6 is 11.6 Å². The number of rotatable bonds is 6. The minimum atomic E-state index is -3.60. The first-order valence-electron chi connectivity index (χ1n) is 9.19. The molecule has 10 heteroatoms. The van der Waals surface area contributed by atoms with Crippen LogP contribution in [0.2, 0.25) is 5.02 Å². The van der Waals surface area contributed by atoms with Crippen molar-refractivity contribution in [3.05, 3.63) is 58.9 Å². The maximum absolute atomic E-state index is 14.5. The van der Waals surface area contributed by atoms with Crippen LogP contribution in [0.25, 0.3) is 11.0 Å². The zero-order valence-corrected chi connectivity index (χ0v) is 17.6. The van der Waals surface area contributed by atoms with Gasteiger partial charge in [0, 0.05) is 17.8 Å². The van der Waals surface area contributed by atoms with Crippen molar-refractivity contribution >= 4 is 44.1 Å². The Balaban J connectivity index is 1.73. The Hall–Kier alpha value is -2.52. The van der Waals surface area contributed by atoms with Gasteiger partial charge in [0.25, 0.3) is 0 Å². The highest BCUT2D eigenvalue weighted by Crippen LogP contribution is 2.44. The molecule has 0 saturated heterocycles. The predicted molar refractivity (Wildman–Crippen MR) is 111 cm³/mol. The van der Waals surface area contributed by atoms with Gasteiger partial charge >= 0.3 is 11.8 Å². The number of imidazole rings is 1. The molecular formula is C20H18ClF2N3O3S. The van der Waals surface area contributed by atoms with Gasteiger partial charge in [0.05, 0.1) is 34.6 Å². The van der Waals surface area contributed by atoms with Crippen molar-refractivity contribution in [1.29, 1.82) is 0 Å². The van der Waals surface area contributed by atoms with Crippen molar-refractivity contribution in [1.82, 2.24) is 9.55 Å². The van der Waals surface area contributed by atoms with E-state index in [1.165, 1.54) is 18.2 Å². The van der Waals surface area contributed by atoms with Crippen LogP contribution in [0.4, 0.5) is 14.5 Å². The number of nitrogens with zero attached hydrogens (tertiary/aromatic N) is 3. The van der Waals surface area contributed by atoms with Gasteiger partial charge in [0.1, 0.15) is 15.7 Å². The highest BCUT2D eigenvalue weighted by atomic mass is 35.5. The second-order valence-corrected chi connectivity index (χ2v) is 9.98. The van der Waals surface area contributed by atoms with Crippen LogP contribution in [0.5, 0.6) is 0 Å². The van der Waals surface area contributed by atoms with Gasteiger partial charge in [-0.05, 0) is 30.7 Å². The highest BCUT2D eigenvalue weighted by molar-refractivity contribution is 7.90. The number of aromatic nitrogens is 2. The number of hydrogen-bond donors (Lipinski definition) is 0. The lowest BCUT2D eigenvalue weighted by Gasteiger charge is -2.18. The normalized spacial score (nSPS) is 15.7. The molecule has 1 aromatic heterocycles. The first-order valence-corrected chi connectivity index (χ1v) is 11.6. The maximum atomic E-state index is 14.5. The molecule has 0 aliphatic carbocycles. The van der Waals surface area contributed by atoms with Gasteiger partial charge in [-0.1, -0.05) is 29.8 Å². The van der Waals surface area contributed by atoms with Crippen LogP contribution in [0, 0.1) is 0 Å². The summed E-state index contributed by atoms with van der Waals surface area (Å²) in [6, 6.07) is 10.8. The average Bonchev–Trinajstić information content (AvgIpc) is 3.09. The number of fused-ring (bicyclic) bond motifs is 2. The van der Waals surface area contributed by atoms with Crippen LogP contribution < -0.4 is 4.90 Å². The SMILES string of the molecule is CS(=O)(=O)CCCn1c(CN2C(=O)C(F)(F)c3ccccc32)nc2cc(Cl)ccc21. The number of benzene rings is 2. The van der Waals surface area contributed by atoms with Gasteiger partial charge in [-0.15, -0.1) is 0 Å². The third kappa shape index (κ3) is 3.67.